The van der Waals surface area contributed by atoms with E-state index in [2.05, 4.69) is 21.2 Å². The second kappa shape index (κ2) is 9.27. The fraction of sp³-hybridized carbons (Fsp3) is 0.571. The van der Waals surface area contributed by atoms with E-state index in [-0.39, 0.29) is 13.0 Å². The molecule has 0 saturated carbocycles. The van der Waals surface area contributed by atoms with Crippen LogP contribution in [0.5, 0.6) is 5.75 Å². The van der Waals surface area contributed by atoms with Gasteiger partial charge in [0.15, 0.2) is 0 Å². The Balaban J connectivity index is 2.41. The maximum atomic E-state index is 12.0. The van der Waals surface area contributed by atoms with Gasteiger partial charge in [-0.15, -0.1) is 0 Å². The maximum absolute atomic E-state index is 12.0. The van der Waals surface area contributed by atoms with E-state index < -0.39 is 12.6 Å². The molecule has 7 heteroatoms. The van der Waals surface area contributed by atoms with Gasteiger partial charge in [-0.05, 0) is 30.2 Å². The summed E-state index contributed by atoms with van der Waals surface area (Å²) in [5.41, 5.74) is 0.986. The molecule has 0 atom stereocenters. The van der Waals surface area contributed by atoms with Crippen molar-refractivity contribution in [3.05, 3.63) is 28.2 Å². The van der Waals surface area contributed by atoms with Crippen molar-refractivity contribution >= 4 is 15.9 Å². The van der Waals surface area contributed by atoms with Crippen molar-refractivity contribution in [2.45, 2.75) is 25.6 Å². The average molecular weight is 370 g/mol. The summed E-state index contributed by atoms with van der Waals surface area (Å²) in [4.78, 5) is 0. The van der Waals surface area contributed by atoms with Crippen molar-refractivity contribution in [1.29, 1.82) is 0 Å². The Hall–Kier alpha value is -0.790. The van der Waals surface area contributed by atoms with E-state index in [1.807, 2.05) is 12.1 Å². The van der Waals surface area contributed by atoms with Crippen molar-refractivity contribution in [3.8, 4) is 5.75 Å². The van der Waals surface area contributed by atoms with Gasteiger partial charge in [0.2, 0.25) is 0 Å². The predicted octanol–water partition coefficient (Wildman–Crippen LogP) is 3.91. The Morgan fingerprint density at radius 1 is 1.24 bits per heavy atom. The first-order valence-electron chi connectivity index (χ1n) is 6.60. The van der Waals surface area contributed by atoms with Crippen LogP contribution < -0.4 is 10.1 Å². The van der Waals surface area contributed by atoms with Gasteiger partial charge in [-0.3, -0.25) is 0 Å². The van der Waals surface area contributed by atoms with Crippen LogP contribution in [-0.2, 0) is 11.3 Å². The minimum atomic E-state index is -4.13. The summed E-state index contributed by atoms with van der Waals surface area (Å²) < 4.78 is 47.3. The fourth-order valence-electron chi connectivity index (χ4n) is 1.64. The first-order chi connectivity index (χ1) is 9.92. The molecule has 0 saturated heterocycles. The van der Waals surface area contributed by atoms with Crippen molar-refractivity contribution < 1.29 is 22.6 Å². The van der Waals surface area contributed by atoms with E-state index in [4.69, 9.17) is 9.47 Å². The Bertz CT molecular complexity index is 427. The molecule has 21 heavy (non-hydrogen) atoms. The summed E-state index contributed by atoms with van der Waals surface area (Å²) in [6.45, 7) is 2.02. The lowest BCUT2D eigenvalue weighted by atomic mass is 10.2. The van der Waals surface area contributed by atoms with Gasteiger partial charge < -0.3 is 14.8 Å². The first kappa shape index (κ1) is 18.3. The van der Waals surface area contributed by atoms with Crippen LogP contribution in [-0.4, -0.2) is 33.0 Å². The van der Waals surface area contributed by atoms with Crippen molar-refractivity contribution in [2.75, 3.05) is 26.9 Å². The zero-order valence-corrected chi connectivity index (χ0v) is 13.4. The summed E-state index contributed by atoms with van der Waals surface area (Å²) in [6.07, 6.45) is -4.99. The lowest BCUT2D eigenvalue weighted by Gasteiger charge is -2.11. The summed E-state index contributed by atoms with van der Waals surface area (Å²) in [5, 5.41) is 3.20. The van der Waals surface area contributed by atoms with Gasteiger partial charge in [-0.25, -0.2) is 0 Å². The summed E-state index contributed by atoms with van der Waals surface area (Å²) in [5.74, 6) is 0.573. The number of rotatable bonds is 9. The normalized spacial score (nSPS) is 11.7. The van der Waals surface area contributed by atoms with Crippen LogP contribution in [0.1, 0.15) is 18.4 Å². The SMILES string of the molecule is COCCNCc1cc(OCCCC(F)(F)F)ccc1Br. The predicted molar refractivity (Wildman–Crippen MR) is 78.5 cm³/mol. The minimum absolute atomic E-state index is 0.0407. The Morgan fingerprint density at radius 2 is 2.00 bits per heavy atom. The molecule has 0 bridgehead atoms. The van der Waals surface area contributed by atoms with E-state index in [0.717, 1.165) is 16.6 Å². The van der Waals surface area contributed by atoms with E-state index >= 15 is 0 Å². The third-order valence-electron chi connectivity index (χ3n) is 2.69. The van der Waals surface area contributed by atoms with Crippen LogP contribution in [0.3, 0.4) is 0 Å². The Labute approximate surface area is 130 Å². The molecule has 1 rings (SSSR count). The van der Waals surface area contributed by atoms with E-state index in [9.17, 15) is 13.2 Å². The van der Waals surface area contributed by atoms with Gasteiger partial charge >= 0.3 is 6.18 Å². The number of ether oxygens (including phenoxy) is 2. The standard InChI is InChI=1S/C14H19BrF3NO2/c1-20-8-6-19-10-11-9-12(3-4-13(11)15)21-7-2-5-14(16,17)18/h3-4,9,19H,2,5-8,10H2,1H3. The number of nitrogens with one attached hydrogen (secondary N) is 1. The smallest absolute Gasteiger partial charge is 0.389 e. The van der Waals surface area contributed by atoms with Crippen molar-refractivity contribution in [2.24, 2.45) is 0 Å². The molecule has 0 aliphatic rings. The lowest BCUT2D eigenvalue weighted by molar-refractivity contribution is -0.136. The molecule has 0 heterocycles. The van der Waals surface area contributed by atoms with E-state index in [0.29, 0.717) is 18.9 Å². The average Bonchev–Trinajstić information content (AvgIpc) is 2.41. The van der Waals surface area contributed by atoms with Gasteiger partial charge in [-0.1, -0.05) is 15.9 Å². The monoisotopic (exact) mass is 369 g/mol. The second-order valence-electron chi connectivity index (χ2n) is 4.49. The zero-order chi connectivity index (χ0) is 15.7. The maximum Gasteiger partial charge on any atom is 0.389 e. The highest BCUT2D eigenvalue weighted by Crippen LogP contribution is 2.24. The molecule has 1 aromatic rings. The molecule has 0 fully saturated rings. The van der Waals surface area contributed by atoms with Crippen LogP contribution in [0.2, 0.25) is 0 Å². The van der Waals surface area contributed by atoms with Gasteiger partial charge in [0.1, 0.15) is 5.75 Å². The first-order valence-corrected chi connectivity index (χ1v) is 7.39. The van der Waals surface area contributed by atoms with Crippen LogP contribution in [0.25, 0.3) is 0 Å². The van der Waals surface area contributed by atoms with Crippen molar-refractivity contribution in [1.82, 2.24) is 5.32 Å². The van der Waals surface area contributed by atoms with Crippen LogP contribution in [0.4, 0.5) is 13.2 Å². The van der Waals surface area contributed by atoms with E-state index in [1.165, 1.54) is 0 Å². The van der Waals surface area contributed by atoms with Gasteiger partial charge in [0.05, 0.1) is 13.2 Å². The van der Waals surface area contributed by atoms with Gasteiger partial charge in [0.25, 0.3) is 0 Å². The molecule has 0 radical (unpaired) electrons. The molecular weight excluding hydrogens is 351 g/mol. The number of alkyl halides is 3. The number of hydrogen-bond acceptors (Lipinski definition) is 3. The Kier molecular flexibility index (Phi) is 8.06. The van der Waals surface area contributed by atoms with Crippen LogP contribution in [0.15, 0.2) is 22.7 Å². The third kappa shape index (κ3) is 8.28. The summed E-state index contributed by atoms with van der Waals surface area (Å²) in [7, 11) is 1.63. The number of methoxy groups -OCH3 is 1. The molecule has 0 spiro atoms. The summed E-state index contributed by atoms with van der Waals surface area (Å²) >= 11 is 3.43. The topological polar surface area (TPSA) is 30.5 Å². The molecule has 0 amide bonds. The molecule has 1 N–H and O–H groups in total. The Morgan fingerprint density at radius 3 is 2.67 bits per heavy atom. The number of hydrogen-bond donors (Lipinski definition) is 1. The highest BCUT2D eigenvalue weighted by Gasteiger charge is 2.26. The molecule has 1 aromatic carbocycles. The summed E-state index contributed by atoms with van der Waals surface area (Å²) in [6, 6.07) is 5.38. The van der Waals surface area contributed by atoms with Gasteiger partial charge in [-0.2, -0.15) is 13.2 Å². The molecule has 0 aliphatic carbocycles. The van der Waals surface area contributed by atoms with Gasteiger partial charge in [0, 0.05) is 31.1 Å². The quantitative estimate of drug-likeness (QED) is 0.669. The molecule has 3 nitrogen and oxygen atoms in total. The van der Waals surface area contributed by atoms with E-state index in [1.54, 1.807) is 13.2 Å². The van der Waals surface area contributed by atoms with Crippen molar-refractivity contribution in [3.63, 3.8) is 0 Å². The van der Waals surface area contributed by atoms with Crippen LogP contribution >= 0.6 is 15.9 Å². The second-order valence-corrected chi connectivity index (χ2v) is 5.34. The molecule has 0 unspecified atom stereocenters. The van der Waals surface area contributed by atoms with Crippen LogP contribution in [0, 0.1) is 0 Å². The molecule has 0 aliphatic heterocycles. The largest absolute Gasteiger partial charge is 0.494 e. The molecular formula is C14H19BrF3NO2. The lowest BCUT2D eigenvalue weighted by Crippen LogP contribution is -2.18. The highest BCUT2D eigenvalue weighted by atomic mass is 79.9. The highest BCUT2D eigenvalue weighted by molar-refractivity contribution is 9.10. The zero-order valence-electron chi connectivity index (χ0n) is 11.8. The minimum Gasteiger partial charge on any atom is -0.494 e. The molecule has 0 aromatic heterocycles. The number of halogens is 4. The fourth-order valence-corrected chi connectivity index (χ4v) is 2.02. The third-order valence-corrected chi connectivity index (χ3v) is 3.46. The molecule has 120 valence electrons. The number of benzene rings is 1.